The van der Waals surface area contributed by atoms with Crippen molar-refractivity contribution in [3.05, 3.63) is 25.4 Å². The topological polar surface area (TPSA) is 55.2 Å². The highest BCUT2D eigenvalue weighted by atomic mass is 35.5. The van der Waals surface area contributed by atoms with Crippen molar-refractivity contribution in [3.63, 3.8) is 0 Å². The summed E-state index contributed by atoms with van der Waals surface area (Å²) in [5.41, 5.74) is -0.000492. The molecular weight excluding hydrogens is 248 g/mol. The lowest BCUT2D eigenvalue weighted by molar-refractivity contribution is -0.384. The normalized spacial score (nSPS) is 14.8. The van der Waals surface area contributed by atoms with Crippen molar-refractivity contribution in [3.8, 4) is 0 Å². The summed E-state index contributed by atoms with van der Waals surface area (Å²) in [5, 5.41) is 14.0. The minimum absolute atomic E-state index is 0.000492. The van der Waals surface area contributed by atoms with Crippen LogP contribution in [0, 0.1) is 10.1 Å². The van der Waals surface area contributed by atoms with E-state index in [1.165, 1.54) is 11.3 Å². The Morgan fingerprint density at radius 3 is 2.69 bits per heavy atom. The van der Waals surface area contributed by atoms with E-state index in [0.29, 0.717) is 6.04 Å². The predicted molar refractivity (Wildman–Crippen MR) is 67.3 cm³/mol. The first kappa shape index (κ1) is 13.4. The van der Waals surface area contributed by atoms with Gasteiger partial charge in [0.05, 0.1) is 4.92 Å². The van der Waals surface area contributed by atoms with Gasteiger partial charge in [-0.15, -0.1) is 11.3 Å². The zero-order chi connectivity index (χ0) is 12.3. The fourth-order valence-electron chi connectivity index (χ4n) is 1.34. The fourth-order valence-corrected chi connectivity index (χ4v) is 2.59. The van der Waals surface area contributed by atoms with Crippen LogP contribution in [0.1, 0.15) is 38.1 Å². The number of thiophene rings is 1. The molecule has 1 N–H and O–H groups in total. The van der Waals surface area contributed by atoms with E-state index in [1.54, 1.807) is 6.07 Å². The molecule has 1 aromatic heterocycles. The maximum absolute atomic E-state index is 10.6. The van der Waals surface area contributed by atoms with Gasteiger partial charge in [0, 0.05) is 23.0 Å². The molecule has 90 valence electrons. The molecule has 0 aliphatic rings. The second kappa shape index (κ2) is 5.61. The van der Waals surface area contributed by atoms with Gasteiger partial charge in [0.25, 0.3) is 5.69 Å². The molecule has 0 amide bonds. The van der Waals surface area contributed by atoms with Crippen LogP contribution in [0.5, 0.6) is 0 Å². The maximum Gasteiger partial charge on any atom is 0.299 e. The van der Waals surface area contributed by atoms with Gasteiger partial charge in [0.15, 0.2) is 4.34 Å². The molecule has 1 heterocycles. The van der Waals surface area contributed by atoms with Crippen LogP contribution in [0.15, 0.2) is 6.07 Å². The van der Waals surface area contributed by atoms with Crippen molar-refractivity contribution in [1.82, 2.24) is 5.32 Å². The summed E-state index contributed by atoms with van der Waals surface area (Å²) >= 11 is 7.07. The lowest BCUT2D eigenvalue weighted by Gasteiger charge is -2.17. The second-order valence-electron chi connectivity index (χ2n) is 3.76. The molecule has 0 bridgehead atoms. The lowest BCUT2D eigenvalue weighted by atomic mass is 10.2. The van der Waals surface area contributed by atoms with Gasteiger partial charge in [-0.25, -0.2) is 0 Å². The van der Waals surface area contributed by atoms with E-state index in [0.717, 1.165) is 11.3 Å². The Hall–Kier alpha value is -0.650. The van der Waals surface area contributed by atoms with Gasteiger partial charge in [-0.2, -0.15) is 0 Å². The molecular formula is C10H15ClN2O2S. The molecule has 0 radical (unpaired) electrons. The molecule has 6 heteroatoms. The number of nitrogens with zero attached hydrogens (tertiary/aromatic N) is 1. The number of halogens is 1. The summed E-state index contributed by atoms with van der Waals surface area (Å²) in [6, 6.07) is 2.02. The zero-order valence-electron chi connectivity index (χ0n) is 9.49. The molecule has 0 aliphatic heterocycles. The fraction of sp³-hybridized carbons (Fsp3) is 0.600. The summed E-state index contributed by atoms with van der Waals surface area (Å²) in [5.74, 6) is 0. The first-order valence-electron chi connectivity index (χ1n) is 5.15. The number of rotatable bonds is 5. The van der Waals surface area contributed by atoms with Crippen molar-refractivity contribution in [2.24, 2.45) is 0 Å². The van der Waals surface area contributed by atoms with Crippen molar-refractivity contribution < 1.29 is 4.92 Å². The number of nitrogens with one attached hydrogen (secondary N) is 1. The molecule has 0 spiro atoms. The minimum atomic E-state index is -0.446. The van der Waals surface area contributed by atoms with Crippen LogP contribution in [0.3, 0.4) is 0 Å². The molecule has 1 aromatic rings. The molecule has 16 heavy (non-hydrogen) atoms. The Morgan fingerprint density at radius 1 is 1.62 bits per heavy atom. The monoisotopic (exact) mass is 262 g/mol. The van der Waals surface area contributed by atoms with Gasteiger partial charge in [-0.1, -0.05) is 18.5 Å². The standard InChI is InChI=1S/C10H15ClN2O2S/c1-4-6(2)12-7(3)9-5-8(13(14)15)10(11)16-9/h5-7,12H,4H2,1-3H3. The quantitative estimate of drug-likeness (QED) is 0.649. The predicted octanol–water partition coefficient (Wildman–Crippen LogP) is 3.76. The molecule has 0 saturated carbocycles. The third-order valence-electron chi connectivity index (χ3n) is 2.46. The van der Waals surface area contributed by atoms with E-state index < -0.39 is 4.92 Å². The Labute approximate surface area is 104 Å². The Morgan fingerprint density at radius 2 is 2.25 bits per heavy atom. The van der Waals surface area contributed by atoms with Crippen molar-refractivity contribution in [1.29, 1.82) is 0 Å². The molecule has 0 saturated heterocycles. The average molecular weight is 263 g/mol. The van der Waals surface area contributed by atoms with Gasteiger partial charge in [-0.05, 0) is 20.3 Å². The number of hydrogen-bond acceptors (Lipinski definition) is 4. The highest BCUT2D eigenvalue weighted by Crippen LogP contribution is 2.36. The van der Waals surface area contributed by atoms with E-state index in [9.17, 15) is 10.1 Å². The molecule has 1 rings (SSSR count). The highest BCUT2D eigenvalue weighted by Gasteiger charge is 2.20. The Kier molecular flexibility index (Phi) is 4.70. The van der Waals surface area contributed by atoms with Crippen LogP contribution in [-0.4, -0.2) is 11.0 Å². The molecule has 0 fully saturated rings. The van der Waals surface area contributed by atoms with Crippen LogP contribution < -0.4 is 5.32 Å². The van der Waals surface area contributed by atoms with Crippen LogP contribution in [0.4, 0.5) is 5.69 Å². The summed E-state index contributed by atoms with van der Waals surface area (Å²) in [6.45, 7) is 6.16. The second-order valence-corrected chi connectivity index (χ2v) is 5.45. The average Bonchev–Trinajstić information content (AvgIpc) is 2.60. The van der Waals surface area contributed by atoms with E-state index >= 15 is 0 Å². The van der Waals surface area contributed by atoms with Crippen LogP contribution >= 0.6 is 22.9 Å². The van der Waals surface area contributed by atoms with E-state index in [4.69, 9.17) is 11.6 Å². The Bertz CT molecular complexity index is 381. The third-order valence-corrected chi connectivity index (χ3v) is 3.98. The summed E-state index contributed by atoms with van der Waals surface area (Å²) < 4.78 is 0.248. The van der Waals surface area contributed by atoms with Crippen molar-refractivity contribution in [2.75, 3.05) is 0 Å². The van der Waals surface area contributed by atoms with Gasteiger partial charge >= 0.3 is 0 Å². The SMILES string of the molecule is CCC(C)NC(C)c1cc([N+](=O)[O-])c(Cl)s1. The molecule has 4 nitrogen and oxygen atoms in total. The smallest absolute Gasteiger partial charge is 0.299 e. The number of hydrogen-bond donors (Lipinski definition) is 1. The van der Waals surface area contributed by atoms with E-state index in [2.05, 4.69) is 19.2 Å². The zero-order valence-corrected chi connectivity index (χ0v) is 11.1. The van der Waals surface area contributed by atoms with Crippen LogP contribution in [0.2, 0.25) is 4.34 Å². The molecule has 2 atom stereocenters. The van der Waals surface area contributed by atoms with Crippen molar-refractivity contribution >= 4 is 28.6 Å². The van der Waals surface area contributed by atoms with E-state index in [1.807, 2.05) is 6.92 Å². The van der Waals surface area contributed by atoms with Gasteiger partial charge in [-0.3, -0.25) is 10.1 Å². The molecule has 0 aromatic carbocycles. The lowest BCUT2D eigenvalue weighted by Crippen LogP contribution is -2.27. The molecule has 2 unspecified atom stereocenters. The number of nitro groups is 1. The first-order valence-corrected chi connectivity index (χ1v) is 6.34. The summed E-state index contributed by atoms with van der Waals surface area (Å²) in [6.07, 6.45) is 1.02. The largest absolute Gasteiger partial charge is 0.307 e. The summed E-state index contributed by atoms with van der Waals surface area (Å²) in [4.78, 5) is 11.1. The third kappa shape index (κ3) is 3.17. The van der Waals surface area contributed by atoms with Crippen LogP contribution in [-0.2, 0) is 0 Å². The van der Waals surface area contributed by atoms with Gasteiger partial charge in [0.1, 0.15) is 0 Å². The van der Waals surface area contributed by atoms with E-state index in [-0.39, 0.29) is 16.1 Å². The maximum atomic E-state index is 10.6. The highest BCUT2D eigenvalue weighted by molar-refractivity contribution is 7.16. The van der Waals surface area contributed by atoms with Crippen LogP contribution in [0.25, 0.3) is 0 Å². The minimum Gasteiger partial charge on any atom is -0.307 e. The summed E-state index contributed by atoms with van der Waals surface area (Å²) in [7, 11) is 0. The Balaban J connectivity index is 2.80. The molecule has 0 aliphatic carbocycles. The first-order chi connectivity index (χ1) is 7.45. The van der Waals surface area contributed by atoms with Crippen molar-refractivity contribution in [2.45, 2.75) is 39.3 Å². The van der Waals surface area contributed by atoms with Gasteiger partial charge in [0.2, 0.25) is 0 Å². The van der Waals surface area contributed by atoms with Gasteiger partial charge < -0.3 is 5.32 Å².